The second-order valence-electron chi connectivity index (χ2n) is 9.40. The number of hydrogen-bond acceptors (Lipinski definition) is 3. The molecule has 1 fully saturated rings. The number of carbonyl (C=O) groups excluding carboxylic acids is 2. The van der Waals surface area contributed by atoms with Gasteiger partial charge in [-0.2, -0.15) is 0 Å². The predicted octanol–water partition coefficient (Wildman–Crippen LogP) is 5.71. The highest BCUT2D eigenvalue weighted by atomic mass is 16.2. The van der Waals surface area contributed by atoms with Crippen LogP contribution in [0.2, 0.25) is 0 Å². The van der Waals surface area contributed by atoms with E-state index in [1.165, 1.54) is 11.1 Å². The standard InChI is InChI=1S/C30H35N3O2/c1-3-23-9-11-25(12-10-23)29(34)32-26-13-14-28(33-19-16-22(2)17-20-33)27(21-26)30(35)31-18-15-24-7-5-4-6-8-24/h4-14,21-22H,3,15-20H2,1-2H3,(H,31,35)(H,32,34). The van der Waals surface area contributed by atoms with Crippen LogP contribution in [-0.2, 0) is 12.8 Å². The molecule has 0 radical (unpaired) electrons. The molecule has 2 N–H and O–H groups in total. The van der Waals surface area contributed by atoms with Crippen molar-refractivity contribution in [2.24, 2.45) is 5.92 Å². The van der Waals surface area contributed by atoms with Gasteiger partial charge in [0.1, 0.15) is 0 Å². The number of benzene rings is 3. The molecule has 2 amide bonds. The Hall–Kier alpha value is -3.60. The summed E-state index contributed by atoms with van der Waals surface area (Å²) in [6.45, 7) is 6.79. The molecule has 1 aliphatic heterocycles. The van der Waals surface area contributed by atoms with Crippen LogP contribution >= 0.6 is 0 Å². The number of amides is 2. The molecule has 0 unspecified atom stereocenters. The Morgan fingerprint density at radius 3 is 2.29 bits per heavy atom. The van der Waals surface area contributed by atoms with Crippen LogP contribution in [0.15, 0.2) is 72.8 Å². The number of nitrogens with one attached hydrogen (secondary N) is 2. The van der Waals surface area contributed by atoms with E-state index < -0.39 is 0 Å². The minimum absolute atomic E-state index is 0.113. The van der Waals surface area contributed by atoms with E-state index in [2.05, 4.69) is 41.5 Å². The van der Waals surface area contributed by atoms with Crippen LogP contribution in [0.25, 0.3) is 0 Å². The number of aryl methyl sites for hydroxylation is 1. The van der Waals surface area contributed by atoms with Crippen molar-refractivity contribution in [1.29, 1.82) is 0 Å². The second-order valence-corrected chi connectivity index (χ2v) is 9.40. The van der Waals surface area contributed by atoms with E-state index in [0.717, 1.165) is 44.5 Å². The van der Waals surface area contributed by atoms with Gasteiger partial charge >= 0.3 is 0 Å². The molecule has 35 heavy (non-hydrogen) atoms. The van der Waals surface area contributed by atoms with Gasteiger partial charge in [0.05, 0.1) is 5.56 Å². The Morgan fingerprint density at radius 1 is 0.886 bits per heavy atom. The third-order valence-electron chi connectivity index (χ3n) is 6.79. The van der Waals surface area contributed by atoms with Crippen LogP contribution in [0.4, 0.5) is 11.4 Å². The fourth-order valence-electron chi connectivity index (χ4n) is 4.48. The molecule has 5 nitrogen and oxygen atoms in total. The van der Waals surface area contributed by atoms with Crippen molar-refractivity contribution >= 4 is 23.2 Å². The lowest BCUT2D eigenvalue weighted by atomic mass is 9.97. The number of anilines is 2. The van der Waals surface area contributed by atoms with Crippen molar-refractivity contribution < 1.29 is 9.59 Å². The van der Waals surface area contributed by atoms with Gasteiger partial charge in [-0.05, 0) is 73.1 Å². The Bertz CT molecular complexity index is 1130. The molecule has 0 saturated carbocycles. The van der Waals surface area contributed by atoms with Gasteiger partial charge in [-0.25, -0.2) is 0 Å². The Kier molecular flexibility index (Phi) is 8.19. The van der Waals surface area contributed by atoms with Crippen LogP contribution in [0.3, 0.4) is 0 Å². The predicted molar refractivity (Wildman–Crippen MR) is 143 cm³/mol. The second kappa shape index (κ2) is 11.7. The van der Waals surface area contributed by atoms with E-state index in [1.54, 1.807) is 0 Å². The van der Waals surface area contributed by atoms with Gasteiger partial charge in [-0.15, -0.1) is 0 Å². The third-order valence-corrected chi connectivity index (χ3v) is 6.79. The quantitative estimate of drug-likeness (QED) is 0.444. The lowest BCUT2D eigenvalue weighted by Crippen LogP contribution is -2.35. The van der Waals surface area contributed by atoms with Crippen LogP contribution in [0.5, 0.6) is 0 Å². The summed E-state index contributed by atoms with van der Waals surface area (Å²) in [7, 11) is 0. The van der Waals surface area contributed by atoms with Crippen molar-refractivity contribution in [3.05, 3.63) is 95.1 Å². The molecule has 1 saturated heterocycles. The summed E-state index contributed by atoms with van der Waals surface area (Å²) in [6.07, 6.45) is 3.93. The van der Waals surface area contributed by atoms with Crippen molar-refractivity contribution in [2.75, 3.05) is 29.9 Å². The third kappa shape index (κ3) is 6.50. The molecule has 4 rings (SSSR count). The molecule has 182 valence electrons. The highest BCUT2D eigenvalue weighted by molar-refractivity contribution is 6.06. The first kappa shape index (κ1) is 24.5. The largest absolute Gasteiger partial charge is 0.371 e. The topological polar surface area (TPSA) is 61.4 Å². The molecular weight excluding hydrogens is 434 g/mol. The monoisotopic (exact) mass is 469 g/mol. The van der Waals surface area contributed by atoms with Gasteiger partial charge in [0.25, 0.3) is 11.8 Å². The summed E-state index contributed by atoms with van der Waals surface area (Å²) in [4.78, 5) is 28.4. The molecule has 3 aromatic rings. The lowest BCUT2D eigenvalue weighted by molar-refractivity contribution is 0.0953. The molecule has 0 bridgehead atoms. The van der Waals surface area contributed by atoms with Crippen LogP contribution in [0, 0.1) is 5.92 Å². The summed E-state index contributed by atoms with van der Waals surface area (Å²) < 4.78 is 0. The minimum Gasteiger partial charge on any atom is -0.371 e. The molecule has 0 atom stereocenters. The van der Waals surface area contributed by atoms with Crippen LogP contribution in [-0.4, -0.2) is 31.4 Å². The van der Waals surface area contributed by atoms with E-state index in [-0.39, 0.29) is 11.8 Å². The average molecular weight is 470 g/mol. The summed E-state index contributed by atoms with van der Waals surface area (Å²) in [5.74, 6) is 0.410. The lowest BCUT2D eigenvalue weighted by Gasteiger charge is -2.33. The number of piperidine rings is 1. The van der Waals surface area contributed by atoms with E-state index >= 15 is 0 Å². The number of rotatable bonds is 8. The summed E-state index contributed by atoms with van der Waals surface area (Å²) in [5.41, 5.74) is 5.14. The molecule has 0 spiro atoms. The normalized spacial score (nSPS) is 13.9. The van der Waals surface area contributed by atoms with E-state index in [4.69, 9.17) is 0 Å². The van der Waals surface area contributed by atoms with Crippen molar-refractivity contribution in [3.8, 4) is 0 Å². The molecule has 1 aliphatic rings. The zero-order valence-electron chi connectivity index (χ0n) is 20.7. The van der Waals surface area contributed by atoms with E-state index in [0.29, 0.717) is 29.3 Å². The first-order valence-electron chi connectivity index (χ1n) is 12.6. The molecule has 1 heterocycles. The first-order chi connectivity index (χ1) is 17.0. The summed E-state index contributed by atoms with van der Waals surface area (Å²) in [5, 5.41) is 6.05. The SMILES string of the molecule is CCc1ccc(C(=O)Nc2ccc(N3CCC(C)CC3)c(C(=O)NCCc3ccccc3)c2)cc1. The van der Waals surface area contributed by atoms with Crippen molar-refractivity contribution in [3.63, 3.8) is 0 Å². The molecule has 5 heteroatoms. The van der Waals surface area contributed by atoms with E-state index in [9.17, 15) is 9.59 Å². The Labute approximate surface area is 208 Å². The highest BCUT2D eigenvalue weighted by Gasteiger charge is 2.22. The highest BCUT2D eigenvalue weighted by Crippen LogP contribution is 2.29. The minimum atomic E-state index is -0.178. The first-order valence-corrected chi connectivity index (χ1v) is 12.6. The smallest absolute Gasteiger partial charge is 0.255 e. The number of hydrogen-bond donors (Lipinski definition) is 2. The Balaban J connectivity index is 1.51. The summed E-state index contributed by atoms with van der Waals surface area (Å²) >= 11 is 0. The maximum Gasteiger partial charge on any atom is 0.255 e. The van der Waals surface area contributed by atoms with Crippen molar-refractivity contribution in [2.45, 2.75) is 39.5 Å². The van der Waals surface area contributed by atoms with Gasteiger partial charge in [0.2, 0.25) is 0 Å². The van der Waals surface area contributed by atoms with Crippen LogP contribution in [0.1, 0.15) is 58.5 Å². The van der Waals surface area contributed by atoms with Gasteiger partial charge < -0.3 is 15.5 Å². The number of carbonyl (C=O) groups is 2. The fraction of sp³-hybridized carbons (Fsp3) is 0.333. The fourth-order valence-corrected chi connectivity index (χ4v) is 4.48. The Morgan fingerprint density at radius 2 is 1.60 bits per heavy atom. The van der Waals surface area contributed by atoms with Gasteiger partial charge in [-0.1, -0.05) is 56.3 Å². The zero-order chi connectivity index (χ0) is 24.6. The van der Waals surface area contributed by atoms with Gasteiger partial charge in [0, 0.05) is 36.6 Å². The molecule has 0 aliphatic carbocycles. The maximum absolute atomic E-state index is 13.3. The van der Waals surface area contributed by atoms with E-state index in [1.807, 2.05) is 60.7 Å². The molecule has 0 aromatic heterocycles. The van der Waals surface area contributed by atoms with Gasteiger partial charge in [0.15, 0.2) is 0 Å². The zero-order valence-corrected chi connectivity index (χ0v) is 20.7. The number of nitrogens with zero attached hydrogens (tertiary/aromatic N) is 1. The average Bonchev–Trinajstić information content (AvgIpc) is 2.90. The maximum atomic E-state index is 13.3. The van der Waals surface area contributed by atoms with Gasteiger partial charge in [-0.3, -0.25) is 9.59 Å². The van der Waals surface area contributed by atoms with Crippen molar-refractivity contribution in [1.82, 2.24) is 5.32 Å². The molecule has 3 aromatic carbocycles. The van der Waals surface area contributed by atoms with Crippen LogP contribution < -0.4 is 15.5 Å². The summed E-state index contributed by atoms with van der Waals surface area (Å²) in [6, 6.07) is 23.4. The molecular formula is C30H35N3O2.